The monoisotopic (exact) mass is 687 g/mol. The zero-order chi connectivity index (χ0) is 36.7. The van der Waals surface area contributed by atoms with Crippen molar-refractivity contribution in [2.24, 2.45) is 4.99 Å². The number of amides is 4. The number of methoxy groups -OCH3 is 1. The van der Waals surface area contributed by atoms with E-state index in [1.165, 1.54) is 13.0 Å². The highest BCUT2D eigenvalue weighted by molar-refractivity contribution is 5.99. The summed E-state index contributed by atoms with van der Waals surface area (Å²) in [5.41, 5.74) is -1.90. The number of rotatable bonds is 13. The molecule has 1 aliphatic rings. The number of carbonyl (C=O) groups excluding carboxylic acids is 5. The predicted molar refractivity (Wildman–Crippen MR) is 173 cm³/mol. The first-order valence-electron chi connectivity index (χ1n) is 15.9. The van der Waals surface area contributed by atoms with Crippen LogP contribution in [-0.2, 0) is 33.3 Å². The van der Waals surface area contributed by atoms with Gasteiger partial charge in [0.05, 0.1) is 25.8 Å². The molecule has 0 aliphatic carbocycles. The highest BCUT2D eigenvalue weighted by Crippen LogP contribution is 2.26. The summed E-state index contributed by atoms with van der Waals surface area (Å²) in [7, 11) is 1.08. The van der Waals surface area contributed by atoms with Gasteiger partial charge in [-0.15, -0.1) is 4.99 Å². The van der Waals surface area contributed by atoms with Gasteiger partial charge >= 0.3 is 24.2 Å². The number of esters is 1. The van der Waals surface area contributed by atoms with E-state index in [2.05, 4.69) is 33.2 Å². The minimum absolute atomic E-state index is 0.267. The third kappa shape index (κ3) is 16.1. The normalized spacial score (nSPS) is 19.4. The standard InChI is InChI=1S/C31H53N5O12/c1-10-11-12-13-14-15-32-27(41)46-23(20(39)17-37)24-22(33-18(2)38)19(16-21(45-24)25(40)44-9)34-26(35-28(42)47-30(3,4)5)36-29(43)48-31(6,7)8/h16,19-20,22-24,37,39H,10-15,17H2,1-9H3,(H,32,41)(H,33,38)(H2,34,35,36,42,43)/t19-,20+,22+,23+,24+/m0/s1. The van der Waals surface area contributed by atoms with Gasteiger partial charge in [0.1, 0.15) is 17.3 Å². The number of hydrogen-bond donors (Lipinski definition) is 6. The largest absolute Gasteiger partial charge is 0.477 e. The smallest absolute Gasteiger partial charge is 0.437 e. The van der Waals surface area contributed by atoms with E-state index in [1.54, 1.807) is 41.5 Å². The lowest BCUT2D eigenvalue weighted by Crippen LogP contribution is -2.65. The van der Waals surface area contributed by atoms with Gasteiger partial charge in [0.15, 0.2) is 12.2 Å². The summed E-state index contributed by atoms with van der Waals surface area (Å²) >= 11 is 0. The molecule has 0 aromatic heterocycles. The number of aliphatic imine (C=N–C) groups is 1. The topological polar surface area (TPSA) is 232 Å². The number of unbranched alkanes of at least 4 members (excludes halogenated alkanes) is 4. The second-order valence-corrected chi connectivity index (χ2v) is 13.0. The number of alkyl carbamates (subject to hydrolysis) is 2. The molecule has 0 bridgehead atoms. The van der Waals surface area contributed by atoms with E-state index in [0.717, 1.165) is 32.8 Å². The van der Waals surface area contributed by atoms with Gasteiger partial charge in [-0.25, -0.2) is 19.2 Å². The molecule has 0 saturated carbocycles. The van der Waals surface area contributed by atoms with Gasteiger partial charge in [-0.05, 0) is 54.0 Å². The minimum atomic E-state index is -1.76. The molecule has 0 aromatic carbocycles. The van der Waals surface area contributed by atoms with Crippen molar-refractivity contribution in [2.45, 2.75) is 129 Å². The third-order valence-electron chi connectivity index (χ3n) is 6.29. The molecule has 274 valence electrons. The van der Waals surface area contributed by atoms with Gasteiger partial charge in [-0.1, -0.05) is 32.6 Å². The first-order chi connectivity index (χ1) is 22.3. The molecule has 17 heteroatoms. The second-order valence-electron chi connectivity index (χ2n) is 13.0. The second kappa shape index (κ2) is 19.6. The van der Waals surface area contributed by atoms with E-state index >= 15 is 0 Å². The van der Waals surface area contributed by atoms with Crippen LogP contribution >= 0.6 is 0 Å². The molecule has 0 spiro atoms. The highest BCUT2D eigenvalue weighted by Gasteiger charge is 2.47. The molecular formula is C31H53N5O12. The molecule has 0 radical (unpaired) electrons. The third-order valence-corrected chi connectivity index (χ3v) is 6.29. The Bertz CT molecular complexity index is 1160. The Morgan fingerprint density at radius 3 is 2.12 bits per heavy atom. The summed E-state index contributed by atoms with van der Waals surface area (Å²) in [6.45, 7) is 12.3. The maximum Gasteiger partial charge on any atom is 0.437 e. The molecule has 1 rings (SSSR count). The lowest BCUT2D eigenvalue weighted by atomic mass is 9.91. The van der Waals surface area contributed by atoms with Crippen LogP contribution in [0.25, 0.3) is 0 Å². The number of hydrogen-bond acceptors (Lipinski definition) is 12. The summed E-state index contributed by atoms with van der Waals surface area (Å²) in [6.07, 6.45) is -2.24. The van der Waals surface area contributed by atoms with Crippen LogP contribution in [0.1, 0.15) is 87.5 Å². The Morgan fingerprint density at radius 2 is 1.58 bits per heavy atom. The molecule has 17 nitrogen and oxygen atoms in total. The van der Waals surface area contributed by atoms with Crippen LogP contribution in [0.3, 0.4) is 0 Å². The first-order valence-corrected chi connectivity index (χ1v) is 15.9. The summed E-state index contributed by atoms with van der Waals surface area (Å²) in [5.74, 6) is -2.58. The average molecular weight is 688 g/mol. The van der Waals surface area contributed by atoms with Gasteiger partial charge in [0.25, 0.3) is 0 Å². The molecule has 1 heterocycles. The van der Waals surface area contributed by atoms with Crippen LogP contribution in [0.4, 0.5) is 14.4 Å². The Balaban J connectivity index is 3.58. The number of ether oxygens (including phenoxy) is 5. The molecule has 0 saturated heterocycles. The van der Waals surface area contributed by atoms with Crippen LogP contribution in [0, 0.1) is 0 Å². The van der Waals surface area contributed by atoms with Crippen molar-refractivity contribution >= 4 is 36.1 Å². The fourth-order valence-electron chi connectivity index (χ4n) is 4.34. The van der Waals surface area contributed by atoms with E-state index in [4.69, 9.17) is 23.7 Å². The summed E-state index contributed by atoms with van der Waals surface area (Å²) in [5, 5.41) is 30.9. The predicted octanol–water partition coefficient (Wildman–Crippen LogP) is 2.14. The number of guanidine groups is 1. The molecular weight excluding hydrogens is 634 g/mol. The summed E-state index contributed by atoms with van der Waals surface area (Å²) in [4.78, 5) is 67.2. The minimum Gasteiger partial charge on any atom is -0.477 e. The molecule has 1 aliphatic heterocycles. The van der Waals surface area contributed by atoms with Gasteiger partial charge in [0, 0.05) is 13.5 Å². The van der Waals surface area contributed by atoms with Crippen molar-refractivity contribution in [3.05, 3.63) is 11.8 Å². The molecule has 5 atom stereocenters. The summed E-state index contributed by atoms with van der Waals surface area (Å²) in [6, 6.07) is -2.57. The van der Waals surface area contributed by atoms with E-state index < -0.39 is 90.1 Å². The van der Waals surface area contributed by atoms with Crippen molar-refractivity contribution in [1.29, 1.82) is 0 Å². The van der Waals surface area contributed by atoms with Crippen molar-refractivity contribution in [1.82, 2.24) is 21.3 Å². The molecule has 0 aromatic rings. The van der Waals surface area contributed by atoms with Gasteiger partial charge in [-0.3, -0.25) is 10.1 Å². The maximum absolute atomic E-state index is 12.8. The van der Waals surface area contributed by atoms with E-state index in [-0.39, 0.29) is 6.54 Å². The Morgan fingerprint density at radius 1 is 0.958 bits per heavy atom. The summed E-state index contributed by atoms with van der Waals surface area (Å²) < 4.78 is 26.7. The van der Waals surface area contributed by atoms with Crippen LogP contribution in [0.2, 0.25) is 0 Å². The number of aliphatic hydroxyl groups excluding tert-OH is 2. The Kier molecular flexibility index (Phi) is 17.1. The highest BCUT2D eigenvalue weighted by atomic mass is 16.6. The Hall–Kier alpha value is -4.12. The van der Waals surface area contributed by atoms with E-state index in [0.29, 0.717) is 6.42 Å². The maximum atomic E-state index is 12.8. The number of nitrogens with zero attached hydrogens (tertiary/aromatic N) is 1. The molecule has 4 amide bonds. The van der Waals surface area contributed by atoms with Crippen LogP contribution in [-0.4, -0.2) is 108 Å². The number of carbonyl (C=O) groups is 5. The van der Waals surface area contributed by atoms with Crippen molar-refractivity contribution in [2.75, 3.05) is 20.3 Å². The lowest BCUT2D eigenvalue weighted by Gasteiger charge is -2.41. The molecule has 0 unspecified atom stereocenters. The van der Waals surface area contributed by atoms with Crippen molar-refractivity contribution in [3.8, 4) is 0 Å². The quantitative estimate of drug-likeness (QED) is 0.0536. The van der Waals surface area contributed by atoms with Gasteiger partial charge in [0.2, 0.25) is 17.6 Å². The SMILES string of the molecule is CCCCCCCNC(=O)O[C@@H]([C@@H]1OC(C(=O)OC)=C[C@H](NC(=NC(=O)OC(C)(C)C)NC(=O)OC(C)(C)C)[C@H]1NC(C)=O)[C@H](O)CO. The first kappa shape index (κ1) is 41.9. The van der Waals surface area contributed by atoms with Crippen LogP contribution in [0.5, 0.6) is 0 Å². The Labute approximate surface area is 281 Å². The van der Waals surface area contributed by atoms with Gasteiger partial charge < -0.3 is 49.8 Å². The van der Waals surface area contributed by atoms with Crippen molar-refractivity contribution in [3.63, 3.8) is 0 Å². The fourth-order valence-corrected chi connectivity index (χ4v) is 4.34. The fraction of sp³-hybridized carbons (Fsp3) is 0.742. The lowest BCUT2D eigenvalue weighted by molar-refractivity contribution is -0.149. The molecule has 48 heavy (non-hydrogen) atoms. The molecule has 6 N–H and O–H groups in total. The van der Waals surface area contributed by atoms with Gasteiger partial charge in [-0.2, -0.15) is 0 Å². The zero-order valence-electron chi connectivity index (χ0n) is 29.3. The van der Waals surface area contributed by atoms with E-state index in [9.17, 15) is 34.2 Å². The van der Waals surface area contributed by atoms with Crippen molar-refractivity contribution < 1.29 is 57.9 Å². The molecule has 0 fully saturated rings. The average Bonchev–Trinajstić information content (AvgIpc) is 2.95. The number of nitrogens with one attached hydrogen (secondary N) is 4. The van der Waals surface area contributed by atoms with E-state index in [1.807, 2.05) is 0 Å². The number of aliphatic hydroxyl groups is 2. The zero-order valence-corrected chi connectivity index (χ0v) is 29.3. The van der Waals surface area contributed by atoms with Crippen LogP contribution < -0.4 is 21.3 Å². The van der Waals surface area contributed by atoms with Crippen LogP contribution in [0.15, 0.2) is 16.8 Å².